The minimum Gasteiger partial charge on any atom is -0.507 e. The highest BCUT2D eigenvalue weighted by atomic mass is 16.5. The maximum Gasteiger partial charge on any atom is 0.328 e. The molecule has 1 aliphatic heterocycles. The van der Waals surface area contributed by atoms with Gasteiger partial charge in [0.1, 0.15) is 28.6 Å². The second-order valence-electron chi connectivity index (χ2n) is 9.65. The number of aromatic hydroxyl groups is 1. The van der Waals surface area contributed by atoms with Gasteiger partial charge in [-0.1, -0.05) is 26.7 Å². The summed E-state index contributed by atoms with van der Waals surface area (Å²) in [6, 6.07) is 6.77. The molecular weight excluding hydrogens is 488 g/mol. The predicted molar refractivity (Wildman–Crippen MR) is 143 cm³/mol. The molecule has 1 atom stereocenters. The van der Waals surface area contributed by atoms with Gasteiger partial charge in [-0.15, -0.1) is 0 Å². The average Bonchev–Trinajstić information content (AvgIpc) is 2.85. The van der Waals surface area contributed by atoms with Gasteiger partial charge in [-0.3, -0.25) is 9.59 Å². The van der Waals surface area contributed by atoms with Crippen molar-refractivity contribution < 1.29 is 38.8 Å². The summed E-state index contributed by atoms with van der Waals surface area (Å²) in [6.07, 6.45) is 5.83. The molecule has 0 fully saturated rings. The molecule has 2 aromatic rings. The first-order valence-electron chi connectivity index (χ1n) is 13.0. The van der Waals surface area contributed by atoms with Crippen molar-refractivity contribution in [2.45, 2.75) is 71.8 Å². The minimum atomic E-state index is -1.10. The molecule has 3 rings (SSSR count). The van der Waals surface area contributed by atoms with Crippen molar-refractivity contribution in [2.24, 2.45) is 0 Å². The van der Waals surface area contributed by atoms with Gasteiger partial charge in [-0.25, -0.2) is 4.79 Å². The van der Waals surface area contributed by atoms with Crippen molar-refractivity contribution in [3.8, 4) is 23.0 Å². The molecule has 0 unspecified atom stereocenters. The van der Waals surface area contributed by atoms with E-state index in [4.69, 9.17) is 19.3 Å². The second kappa shape index (κ2) is 12.6. The number of carboxylic acid groups (broad SMARTS) is 1. The maximum absolute atomic E-state index is 12.8. The molecule has 2 aromatic carbocycles. The van der Waals surface area contributed by atoms with Crippen molar-refractivity contribution in [1.29, 1.82) is 0 Å². The Morgan fingerprint density at radius 3 is 2.24 bits per heavy atom. The fourth-order valence-electron chi connectivity index (χ4n) is 4.54. The highest BCUT2D eigenvalue weighted by Gasteiger charge is 2.36. The van der Waals surface area contributed by atoms with Crippen LogP contribution in [0.3, 0.4) is 0 Å². The number of ether oxygens (including phenoxy) is 3. The fourth-order valence-corrected chi connectivity index (χ4v) is 4.54. The van der Waals surface area contributed by atoms with Gasteiger partial charge < -0.3 is 24.4 Å². The number of aliphatic carboxylic acids is 1. The monoisotopic (exact) mass is 524 g/mol. The first kappa shape index (κ1) is 28.8. The molecule has 2 N–H and O–H groups in total. The third kappa shape index (κ3) is 6.73. The number of hydrogen-bond donors (Lipinski definition) is 2. The number of rotatable bonds is 13. The lowest BCUT2D eigenvalue weighted by atomic mass is 9.89. The van der Waals surface area contributed by atoms with E-state index in [1.807, 2.05) is 13.8 Å². The van der Waals surface area contributed by atoms with Crippen LogP contribution >= 0.6 is 0 Å². The third-order valence-corrected chi connectivity index (χ3v) is 6.37. The Morgan fingerprint density at radius 2 is 1.63 bits per heavy atom. The lowest BCUT2D eigenvalue weighted by molar-refractivity contribution is -0.131. The standard InChI is InChI=1S/C30H36O8/c1-5-8-22-25(12-10-20(19(3)31)28(22)35)36-16-7-17-37-26-13-11-21-24(32)18-30(4,15-14-27(33)34)38-29(21)23(26)9-6-2/h10-15,35H,5-9,16-18H2,1-4H3,(H,33,34)/b15-14+/t30-/m0/s1. The van der Waals surface area contributed by atoms with E-state index < -0.39 is 11.6 Å². The van der Waals surface area contributed by atoms with E-state index in [1.165, 1.54) is 13.0 Å². The van der Waals surface area contributed by atoms with E-state index in [0.717, 1.165) is 24.5 Å². The van der Waals surface area contributed by atoms with E-state index in [2.05, 4.69) is 0 Å². The molecule has 1 aliphatic rings. The van der Waals surface area contributed by atoms with Crippen molar-refractivity contribution in [2.75, 3.05) is 13.2 Å². The normalized spacial score (nSPS) is 16.7. The van der Waals surface area contributed by atoms with Crippen LogP contribution in [0.4, 0.5) is 0 Å². The highest BCUT2D eigenvalue weighted by molar-refractivity contribution is 6.01. The number of benzene rings is 2. The van der Waals surface area contributed by atoms with E-state index >= 15 is 0 Å². The molecule has 204 valence electrons. The minimum absolute atomic E-state index is 0.0221. The van der Waals surface area contributed by atoms with E-state index in [0.29, 0.717) is 60.9 Å². The molecule has 38 heavy (non-hydrogen) atoms. The summed E-state index contributed by atoms with van der Waals surface area (Å²) in [5.74, 6) is 0.175. The smallest absolute Gasteiger partial charge is 0.328 e. The first-order chi connectivity index (χ1) is 18.1. The topological polar surface area (TPSA) is 119 Å². The van der Waals surface area contributed by atoms with Crippen molar-refractivity contribution in [1.82, 2.24) is 0 Å². The lowest BCUT2D eigenvalue weighted by Gasteiger charge is -2.34. The van der Waals surface area contributed by atoms with Crippen LogP contribution in [0.1, 0.15) is 85.2 Å². The zero-order valence-electron chi connectivity index (χ0n) is 22.5. The summed E-state index contributed by atoms with van der Waals surface area (Å²) in [6.45, 7) is 7.82. The van der Waals surface area contributed by atoms with Crippen LogP contribution < -0.4 is 14.2 Å². The van der Waals surface area contributed by atoms with Gasteiger partial charge in [0.15, 0.2) is 11.6 Å². The summed E-state index contributed by atoms with van der Waals surface area (Å²) in [5, 5.41) is 19.5. The zero-order chi connectivity index (χ0) is 27.9. The number of carbonyl (C=O) groups is 3. The van der Waals surface area contributed by atoms with Gasteiger partial charge in [0.2, 0.25) is 0 Å². The zero-order valence-corrected chi connectivity index (χ0v) is 22.5. The van der Waals surface area contributed by atoms with Crippen LogP contribution in [0.25, 0.3) is 0 Å². The molecule has 0 aromatic heterocycles. The third-order valence-electron chi connectivity index (χ3n) is 6.37. The molecule has 0 saturated carbocycles. The predicted octanol–water partition coefficient (Wildman–Crippen LogP) is 5.71. The average molecular weight is 525 g/mol. The van der Waals surface area contributed by atoms with E-state index in [9.17, 15) is 19.5 Å². The molecule has 0 spiro atoms. The maximum atomic E-state index is 12.8. The van der Waals surface area contributed by atoms with Crippen LogP contribution in [0.2, 0.25) is 0 Å². The molecule has 8 heteroatoms. The molecule has 0 aliphatic carbocycles. The van der Waals surface area contributed by atoms with Crippen molar-refractivity contribution in [3.63, 3.8) is 0 Å². The van der Waals surface area contributed by atoms with Crippen LogP contribution in [0, 0.1) is 0 Å². The number of carboxylic acids is 1. The summed E-state index contributed by atoms with van der Waals surface area (Å²) >= 11 is 0. The summed E-state index contributed by atoms with van der Waals surface area (Å²) < 4.78 is 18.2. The highest BCUT2D eigenvalue weighted by Crippen LogP contribution is 2.41. The first-order valence-corrected chi connectivity index (χ1v) is 13.0. The van der Waals surface area contributed by atoms with Crippen LogP contribution in [0.15, 0.2) is 36.4 Å². The van der Waals surface area contributed by atoms with Gasteiger partial charge in [0, 0.05) is 23.6 Å². The molecule has 0 radical (unpaired) electrons. The Bertz CT molecular complexity index is 1230. The molecule has 0 saturated heterocycles. The van der Waals surface area contributed by atoms with Crippen LogP contribution in [-0.2, 0) is 17.6 Å². The summed E-state index contributed by atoms with van der Waals surface area (Å²) in [7, 11) is 0. The molecule has 1 heterocycles. The Labute approximate surface area is 223 Å². The molecule has 0 amide bonds. The fraction of sp³-hybridized carbons (Fsp3) is 0.433. The summed E-state index contributed by atoms with van der Waals surface area (Å²) in [5.41, 5.74) is 1.11. The Balaban J connectivity index is 1.71. The number of hydrogen-bond acceptors (Lipinski definition) is 7. The Morgan fingerprint density at radius 1 is 1.03 bits per heavy atom. The second-order valence-corrected chi connectivity index (χ2v) is 9.65. The Kier molecular flexibility index (Phi) is 9.55. The quantitative estimate of drug-likeness (QED) is 0.194. The Hall–Kier alpha value is -3.81. The molecule has 0 bridgehead atoms. The van der Waals surface area contributed by atoms with E-state index in [-0.39, 0.29) is 29.3 Å². The van der Waals surface area contributed by atoms with E-state index in [1.54, 1.807) is 31.2 Å². The largest absolute Gasteiger partial charge is 0.507 e. The van der Waals surface area contributed by atoms with Crippen molar-refractivity contribution >= 4 is 17.5 Å². The molecule has 8 nitrogen and oxygen atoms in total. The number of ketones is 2. The number of phenolic OH excluding ortho intramolecular Hbond substituents is 1. The van der Waals surface area contributed by atoms with Gasteiger partial charge in [0.25, 0.3) is 0 Å². The number of Topliss-reactive ketones (excluding diaryl/α,β-unsaturated/α-hetero) is 2. The van der Waals surface area contributed by atoms with Crippen molar-refractivity contribution in [3.05, 3.63) is 58.7 Å². The van der Waals surface area contributed by atoms with Crippen LogP contribution in [0.5, 0.6) is 23.0 Å². The summed E-state index contributed by atoms with van der Waals surface area (Å²) in [4.78, 5) is 35.6. The van der Waals surface area contributed by atoms with Gasteiger partial charge in [0.05, 0.1) is 30.8 Å². The van der Waals surface area contributed by atoms with Gasteiger partial charge in [-0.2, -0.15) is 0 Å². The number of fused-ring (bicyclic) bond motifs is 1. The van der Waals surface area contributed by atoms with Gasteiger partial charge >= 0.3 is 5.97 Å². The number of phenols is 1. The lowest BCUT2D eigenvalue weighted by Crippen LogP contribution is -2.38. The SMILES string of the molecule is CCCc1c(OCCCOc2ccc3c(c2CCC)O[C@@](C)(/C=C/C(=O)O)CC3=O)ccc(C(C)=O)c1O. The number of carbonyl (C=O) groups excluding carboxylic acids is 2. The van der Waals surface area contributed by atoms with Gasteiger partial charge in [-0.05, 0) is 57.0 Å². The molecular formula is C30H36O8. The van der Waals surface area contributed by atoms with Crippen LogP contribution in [-0.4, -0.2) is 46.6 Å².